The number of aliphatic imine (C=N–C) groups is 1. The van der Waals surface area contributed by atoms with Crippen LogP contribution in [0.25, 0.3) is 0 Å². The van der Waals surface area contributed by atoms with Gasteiger partial charge in [-0.05, 0) is 38.1 Å². The Balaban J connectivity index is 1.51. The first kappa shape index (κ1) is 22.4. The van der Waals surface area contributed by atoms with Crippen LogP contribution in [0.5, 0.6) is 5.75 Å². The fraction of sp³-hybridized carbons (Fsp3) is 0.435. The second kappa shape index (κ2) is 11.2. The van der Waals surface area contributed by atoms with E-state index in [1.165, 1.54) is 5.69 Å². The smallest absolute Gasteiger partial charge is 0.227 e. The number of carbonyl (C=O) groups excluding carboxylic acids is 1. The Morgan fingerprint density at radius 2 is 1.94 bits per heavy atom. The van der Waals surface area contributed by atoms with Gasteiger partial charge in [-0.15, -0.1) is 0 Å². The van der Waals surface area contributed by atoms with Gasteiger partial charge < -0.3 is 25.2 Å². The molecule has 31 heavy (non-hydrogen) atoms. The zero-order valence-corrected chi connectivity index (χ0v) is 18.6. The third-order valence-electron chi connectivity index (χ3n) is 5.09. The lowest BCUT2D eigenvalue weighted by atomic mass is 10.2. The van der Waals surface area contributed by atoms with Crippen LogP contribution in [0.3, 0.4) is 0 Å². The van der Waals surface area contributed by atoms with Crippen molar-refractivity contribution in [2.24, 2.45) is 4.99 Å². The average Bonchev–Trinajstić information content (AvgIpc) is 2.79. The van der Waals surface area contributed by atoms with Gasteiger partial charge in [-0.2, -0.15) is 0 Å². The van der Waals surface area contributed by atoms with Crippen molar-refractivity contribution in [3.63, 3.8) is 0 Å². The summed E-state index contributed by atoms with van der Waals surface area (Å²) in [4.78, 5) is 25.8. The quantitative estimate of drug-likeness (QED) is 0.525. The van der Waals surface area contributed by atoms with Gasteiger partial charge in [0, 0.05) is 56.6 Å². The van der Waals surface area contributed by atoms with E-state index in [9.17, 15) is 4.79 Å². The highest BCUT2D eigenvalue weighted by Crippen LogP contribution is 2.22. The third kappa shape index (κ3) is 6.60. The monoisotopic (exact) mass is 424 g/mol. The van der Waals surface area contributed by atoms with Gasteiger partial charge in [0.25, 0.3) is 0 Å². The van der Waals surface area contributed by atoms with Gasteiger partial charge >= 0.3 is 0 Å². The Bertz CT molecular complexity index is 893. The summed E-state index contributed by atoms with van der Waals surface area (Å²) in [6.45, 7) is 8.69. The Kier molecular flexibility index (Phi) is 8.09. The number of rotatable bonds is 7. The summed E-state index contributed by atoms with van der Waals surface area (Å²) in [5.74, 6) is 2.22. The van der Waals surface area contributed by atoms with Crippen molar-refractivity contribution in [3.05, 3.63) is 48.2 Å². The minimum absolute atomic E-state index is 0.0828. The molecule has 2 aromatic rings. The molecule has 2 N–H and O–H groups in total. The summed E-state index contributed by atoms with van der Waals surface area (Å²) in [5, 5.41) is 6.18. The molecule has 0 spiro atoms. The molecule has 1 aromatic carbocycles. The van der Waals surface area contributed by atoms with Crippen molar-refractivity contribution < 1.29 is 9.53 Å². The molecule has 0 radical (unpaired) electrons. The molecular weight excluding hydrogens is 392 g/mol. The third-order valence-corrected chi connectivity index (χ3v) is 5.09. The number of hydrogen-bond donors (Lipinski definition) is 2. The van der Waals surface area contributed by atoms with Crippen LogP contribution >= 0.6 is 0 Å². The molecule has 8 nitrogen and oxygen atoms in total. The summed E-state index contributed by atoms with van der Waals surface area (Å²) in [6, 6.07) is 13.7. The number of carbonyl (C=O) groups is 1. The number of anilines is 2. The van der Waals surface area contributed by atoms with Crippen LogP contribution in [0.15, 0.2) is 47.5 Å². The van der Waals surface area contributed by atoms with E-state index in [0.717, 1.165) is 50.1 Å². The molecule has 0 saturated carbocycles. The van der Waals surface area contributed by atoms with Crippen LogP contribution in [0.2, 0.25) is 0 Å². The first-order valence-electron chi connectivity index (χ1n) is 10.7. The molecule has 1 fully saturated rings. The molecular formula is C23H32N6O2. The van der Waals surface area contributed by atoms with Gasteiger partial charge in [0.1, 0.15) is 11.6 Å². The maximum atomic E-state index is 12.2. The lowest BCUT2D eigenvalue weighted by Gasteiger charge is -2.37. The molecule has 0 unspecified atom stereocenters. The molecule has 1 aliphatic heterocycles. The van der Waals surface area contributed by atoms with Crippen molar-refractivity contribution in [2.75, 3.05) is 56.6 Å². The van der Waals surface area contributed by atoms with E-state index in [0.29, 0.717) is 18.8 Å². The maximum Gasteiger partial charge on any atom is 0.227 e. The SMILES string of the molecule is CCNC(=NCCC(=O)Nc1cccc(C)n1)N1CCN(c2cccc(OC)c2)CC1. The Hall–Kier alpha value is -3.29. The lowest BCUT2D eigenvalue weighted by molar-refractivity contribution is -0.116. The van der Waals surface area contributed by atoms with Crippen LogP contribution in [0.4, 0.5) is 11.5 Å². The van der Waals surface area contributed by atoms with Crippen molar-refractivity contribution in [2.45, 2.75) is 20.3 Å². The van der Waals surface area contributed by atoms with Gasteiger partial charge in [-0.25, -0.2) is 4.98 Å². The molecule has 1 aliphatic rings. The summed E-state index contributed by atoms with van der Waals surface area (Å²) in [7, 11) is 1.69. The number of aryl methyl sites for hydroxylation is 1. The number of methoxy groups -OCH3 is 1. The second-order valence-electron chi connectivity index (χ2n) is 7.37. The molecule has 0 atom stereocenters. The summed E-state index contributed by atoms with van der Waals surface area (Å²) in [5.41, 5.74) is 2.04. The average molecular weight is 425 g/mol. The Labute approximate surface area is 184 Å². The zero-order valence-electron chi connectivity index (χ0n) is 18.6. The lowest BCUT2D eigenvalue weighted by Crippen LogP contribution is -2.52. The fourth-order valence-corrected chi connectivity index (χ4v) is 3.49. The summed E-state index contributed by atoms with van der Waals surface area (Å²) < 4.78 is 5.34. The minimum atomic E-state index is -0.0828. The Morgan fingerprint density at radius 3 is 2.65 bits per heavy atom. The predicted octanol–water partition coefficient (Wildman–Crippen LogP) is 2.51. The van der Waals surface area contributed by atoms with E-state index < -0.39 is 0 Å². The molecule has 0 aliphatic carbocycles. The maximum absolute atomic E-state index is 12.2. The number of nitrogens with one attached hydrogen (secondary N) is 2. The van der Waals surface area contributed by atoms with Gasteiger partial charge in [-0.3, -0.25) is 9.79 Å². The normalized spacial score (nSPS) is 14.4. The molecule has 8 heteroatoms. The van der Waals surface area contributed by atoms with E-state index >= 15 is 0 Å². The number of benzene rings is 1. The van der Waals surface area contributed by atoms with Gasteiger partial charge in [0.05, 0.1) is 13.7 Å². The van der Waals surface area contributed by atoms with Gasteiger partial charge in [0.15, 0.2) is 5.96 Å². The first-order valence-corrected chi connectivity index (χ1v) is 10.7. The van der Waals surface area contributed by atoms with Crippen LogP contribution in [-0.2, 0) is 4.79 Å². The molecule has 1 amide bonds. The number of pyridine rings is 1. The van der Waals surface area contributed by atoms with Gasteiger partial charge in [0.2, 0.25) is 5.91 Å². The molecule has 1 aromatic heterocycles. The number of piperazine rings is 1. The van der Waals surface area contributed by atoms with Crippen molar-refractivity contribution in [1.82, 2.24) is 15.2 Å². The summed E-state index contributed by atoms with van der Waals surface area (Å²) >= 11 is 0. The highest BCUT2D eigenvalue weighted by atomic mass is 16.5. The fourth-order valence-electron chi connectivity index (χ4n) is 3.49. The zero-order chi connectivity index (χ0) is 22.1. The number of nitrogens with zero attached hydrogens (tertiary/aromatic N) is 4. The molecule has 0 bridgehead atoms. The topological polar surface area (TPSA) is 82.1 Å². The highest BCUT2D eigenvalue weighted by molar-refractivity contribution is 5.90. The van der Waals surface area contributed by atoms with Crippen LogP contribution in [0.1, 0.15) is 19.0 Å². The number of hydrogen-bond acceptors (Lipinski definition) is 5. The van der Waals surface area contributed by atoms with E-state index in [2.05, 4.69) is 49.5 Å². The first-order chi connectivity index (χ1) is 15.1. The van der Waals surface area contributed by atoms with Crippen molar-refractivity contribution >= 4 is 23.4 Å². The van der Waals surface area contributed by atoms with E-state index in [-0.39, 0.29) is 5.91 Å². The van der Waals surface area contributed by atoms with Gasteiger partial charge in [-0.1, -0.05) is 12.1 Å². The highest BCUT2D eigenvalue weighted by Gasteiger charge is 2.20. The number of guanidine groups is 1. The molecule has 166 valence electrons. The number of aromatic nitrogens is 1. The largest absolute Gasteiger partial charge is 0.497 e. The second-order valence-corrected chi connectivity index (χ2v) is 7.37. The van der Waals surface area contributed by atoms with E-state index in [4.69, 9.17) is 4.74 Å². The molecule has 2 heterocycles. The predicted molar refractivity (Wildman–Crippen MR) is 125 cm³/mol. The summed E-state index contributed by atoms with van der Waals surface area (Å²) in [6.07, 6.45) is 0.314. The number of amides is 1. The Morgan fingerprint density at radius 1 is 1.16 bits per heavy atom. The van der Waals surface area contributed by atoms with Crippen LogP contribution < -0.4 is 20.3 Å². The van der Waals surface area contributed by atoms with Crippen molar-refractivity contribution in [1.29, 1.82) is 0 Å². The standard InChI is InChI=1S/C23H32N6O2/c1-4-24-23(25-12-11-22(30)27-21-10-5-7-18(2)26-21)29-15-13-28(14-16-29)19-8-6-9-20(17-19)31-3/h5-10,17H,4,11-16H2,1-3H3,(H,24,25)(H,26,27,30). The van der Waals surface area contributed by atoms with E-state index in [1.807, 2.05) is 31.2 Å². The van der Waals surface area contributed by atoms with E-state index in [1.54, 1.807) is 13.2 Å². The number of ether oxygens (including phenoxy) is 1. The molecule has 3 rings (SSSR count). The van der Waals surface area contributed by atoms with Crippen LogP contribution in [0, 0.1) is 6.92 Å². The van der Waals surface area contributed by atoms with Crippen LogP contribution in [-0.4, -0.2) is 68.1 Å². The molecule has 1 saturated heterocycles. The minimum Gasteiger partial charge on any atom is -0.497 e. The van der Waals surface area contributed by atoms with Crippen molar-refractivity contribution in [3.8, 4) is 5.75 Å².